The van der Waals surface area contributed by atoms with Gasteiger partial charge in [-0.1, -0.05) is 49.7 Å². The summed E-state index contributed by atoms with van der Waals surface area (Å²) in [4.78, 5) is 17.6. The number of unbranched alkanes of at least 4 members (excludes halogenated alkanes) is 1. The molecule has 1 aromatic heterocycles. The van der Waals surface area contributed by atoms with Gasteiger partial charge in [-0.2, -0.15) is 4.31 Å². The number of amides is 1. The smallest absolute Gasteiger partial charge is 0.238 e. The lowest BCUT2D eigenvalue weighted by molar-refractivity contribution is -0.132. The Hall–Kier alpha value is -3.14. The minimum Gasteiger partial charge on any atom is -0.493 e. The van der Waals surface area contributed by atoms with Gasteiger partial charge in [0.25, 0.3) is 0 Å². The topological polar surface area (TPSA) is 76.2 Å². The van der Waals surface area contributed by atoms with Crippen LogP contribution in [-0.2, 0) is 27.8 Å². The number of carbonyl (C=O) groups excluding carboxylic acids is 1. The summed E-state index contributed by atoms with van der Waals surface area (Å²) in [6.07, 6.45) is 3.65. The number of aryl methyl sites for hydroxylation is 1. The van der Waals surface area contributed by atoms with Crippen molar-refractivity contribution < 1.29 is 22.7 Å². The van der Waals surface area contributed by atoms with Crippen LogP contribution in [0.2, 0.25) is 0 Å². The summed E-state index contributed by atoms with van der Waals surface area (Å²) in [7, 11) is -0.613. The van der Waals surface area contributed by atoms with Gasteiger partial charge in [0.05, 0.1) is 27.3 Å². The summed E-state index contributed by atoms with van der Waals surface area (Å²) < 4.78 is 38.6. The Bertz CT molecular complexity index is 1340. The second kappa shape index (κ2) is 14.9. The molecule has 0 bridgehead atoms. The Kier molecular flexibility index (Phi) is 11.6. The predicted molar refractivity (Wildman–Crippen MR) is 159 cm³/mol. The molecule has 39 heavy (non-hydrogen) atoms. The highest BCUT2D eigenvalue weighted by atomic mass is 32.2. The minimum atomic E-state index is -3.80. The molecule has 1 amide bonds. The van der Waals surface area contributed by atoms with E-state index in [0.29, 0.717) is 37.4 Å². The SMILES string of the molecule is CCCCN(CC(=O)N(CCc1ccc(OC)c(OC)c1)Cc1ccc(C)s1)S(=O)(=O)C=Cc1ccccc1. The maximum atomic E-state index is 13.6. The highest BCUT2D eigenvalue weighted by Crippen LogP contribution is 2.28. The van der Waals surface area contributed by atoms with Gasteiger partial charge in [0, 0.05) is 28.3 Å². The first-order valence-electron chi connectivity index (χ1n) is 13.0. The molecule has 0 radical (unpaired) electrons. The Balaban J connectivity index is 1.80. The Morgan fingerprint density at radius 1 is 0.974 bits per heavy atom. The van der Waals surface area contributed by atoms with E-state index >= 15 is 0 Å². The maximum Gasteiger partial charge on any atom is 0.238 e. The fraction of sp³-hybridized carbons (Fsp3) is 0.367. The van der Waals surface area contributed by atoms with Crippen LogP contribution in [0, 0.1) is 6.92 Å². The molecule has 0 aliphatic carbocycles. The first kappa shape index (κ1) is 30.4. The zero-order valence-corrected chi connectivity index (χ0v) is 24.8. The molecule has 2 aromatic carbocycles. The molecule has 3 rings (SSSR count). The molecule has 0 N–H and O–H groups in total. The van der Waals surface area contributed by atoms with Crippen molar-refractivity contribution in [1.29, 1.82) is 0 Å². The summed E-state index contributed by atoms with van der Waals surface area (Å²) in [5, 5.41) is 1.20. The van der Waals surface area contributed by atoms with Crippen LogP contribution in [0.1, 0.15) is 40.6 Å². The second-order valence-corrected chi connectivity index (χ2v) is 12.4. The molecule has 210 valence electrons. The Morgan fingerprint density at radius 3 is 2.36 bits per heavy atom. The Morgan fingerprint density at radius 2 is 1.72 bits per heavy atom. The van der Waals surface area contributed by atoms with Gasteiger partial charge in [0.15, 0.2) is 11.5 Å². The number of benzene rings is 2. The number of rotatable bonds is 15. The van der Waals surface area contributed by atoms with Crippen molar-refractivity contribution in [2.24, 2.45) is 0 Å². The minimum absolute atomic E-state index is 0.211. The van der Waals surface area contributed by atoms with Gasteiger partial charge in [-0.3, -0.25) is 4.79 Å². The number of sulfonamides is 1. The van der Waals surface area contributed by atoms with Crippen molar-refractivity contribution >= 4 is 33.3 Å². The molecule has 0 saturated heterocycles. The first-order chi connectivity index (χ1) is 18.7. The van der Waals surface area contributed by atoms with Crippen molar-refractivity contribution in [3.8, 4) is 11.5 Å². The van der Waals surface area contributed by atoms with Gasteiger partial charge in [0.1, 0.15) is 0 Å². The Labute approximate surface area is 236 Å². The highest BCUT2D eigenvalue weighted by molar-refractivity contribution is 7.92. The lowest BCUT2D eigenvalue weighted by atomic mass is 10.1. The fourth-order valence-corrected chi connectivity index (χ4v) is 6.13. The molecule has 0 saturated carbocycles. The van der Waals surface area contributed by atoms with E-state index in [4.69, 9.17) is 9.47 Å². The van der Waals surface area contributed by atoms with Crippen LogP contribution in [0.3, 0.4) is 0 Å². The zero-order chi connectivity index (χ0) is 28.3. The molecular formula is C30H38N2O5S2. The summed E-state index contributed by atoms with van der Waals surface area (Å²) >= 11 is 1.64. The van der Waals surface area contributed by atoms with Crippen LogP contribution in [0.25, 0.3) is 6.08 Å². The van der Waals surface area contributed by atoms with E-state index in [2.05, 4.69) is 0 Å². The fourth-order valence-electron chi connectivity index (χ4n) is 4.05. The van der Waals surface area contributed by atoms with Crippen LogP contribution < -0.4 is 9.47 Å². The third-order valence-corrected chi connectivity index (χ3v) is 8.78. The molecule has 0 aliphatic heterocycles. The van der Waals surface area contributed by atoms with Crippen LogP contribution in [0.5, 0.6) is 11.5 Å². The maximum absolute atomic E-state index is 13.6. The molecule has 0 fully saturated rings. The average molecular weight is 571 g/mol. The number of nitrogens with zero attached hydrogens (tertiary/aromatic N) is 2. The number of hydrogen-bond acceptors (Lipinski definition) is 6. The van der Waals surface area contributed by atoms with Gasteiger partial charge in [-0.15, -0.1) is 11.3 Å². The third kappa shape index (κ3) is 9.23. The van der Waals surface area contributed by atoms with Crippen LogP contribution >= 0.6 is 11.3 Å². The van der Waals surface area contributed by atoms with Crippen molar-refractivity contribution in [2.45, 2.75) is 39.7 Å². The molecule has 9 heteroatoms. The summed E-state index contributed by atoms with van der Waals surface area (Å²) in [6.45, 7) is 4.96. The van der Waals surface area contributed by atoms with Crippen LogP contribution in [0.4, 0.5) is 0 Å². The largest absolute Gasteiger partial charge is 0.493 e. The van der Waals surface area contributed by atoms with E-state index in [9.17, 15) is 13.2 Å². The van der Waals surface area contributed by atoms with E-state index in [1.165, 1.54) is 9.71 Å². The molecule has 1 heterocycles. The monoisotopic (exact) mass is 570 g/mol. The van der Waals surface area contributed by atoms with Gasteiger partial charge in [0.2, 0.25) is 15.9 Å². The van der Waals surface area contributed by atoms with Crippen LogP contribution in [-0.4, -0.2) is 57.4 Å². The molecular weight excluding hydrogens is 532 g/mol. The van der Waals surface area contributed by atoms with Gasteiger partial charge < -0.3 is 14.4 Å². The molecule has 0 aliphatic rings. The normalized spacial score (nSPS) is 11.7. The highest BCUT2D eigenvalue weighted by Gasteiger charge is 2.25. The van der Waals surface area contributed by atoms with Crippen LogP contribution in [0.15, 0.2) is 66.1 Å². The van der Waals surface area contributed by atoms with Gasteiger partial charge >= 0.3 is 0 Å². The van der Waals surface area contributed by atoms with E-state index in [1.807, 2.05) is 74.5 Å². The molecule has 0 spiro atoms. The zero-order valence-electron chi connectivity index (χ0n) is 23.1. The standard InChI is InChI=1S/C30H38N2O5S2/c1-5-6-18-32(39(34,35)20-17-25-10-8-7-9-11-25)23-30(33)31(22-27-14-12-24(2)38-27)19-16-26-13-15-28(36-3)29(21-26)37-4/h7-15,17,20-21H,5-6,16,18-19,22-23H2,1-4H3. The number of ether oxygens (including phenoxy) is 2. The second-order valence-electron chi connectivity index (χ2n) is 9.21. The van der Waals surface area contributed by atoms with Gasteiger partial charge in [-0.05, 0) is 61.2 Å². The van der Waals surface area contributed by atoms with Crippen molar-refractivity contribution in [1.82, 2.24) is 9.21 Å². The van der Waals surface area contributed by atoms with E-state index in [1.54, 1.807) is 36.5 Å². The van der Waals surface area contributed by atoms with Crippen molar-refractivity contribution in [3.05, 3.63) is 87.0 Å². The molecule has 3 aromatic rings. The predicted octanol–water partition coefficient (Wildman–Crippen LogP) is 5.75. The lowest BCUT2D eigenvalue weighted by Crippen LogP contribution is -2.43. The lowest BCUT2D eigenvalue weighted by Gasteiger charge is -2.26. The van der Waals surface area contributed by atoms with Crippen molar-refractivity contribution in [3.63, 3.8) is 0 Å². The van der Waals surface area contributed by atoms with Gasteiger partial charge in [-0.25, -0.2) is 8.42 Å². The number of hydrogen-bond donors (Lipinski definition) is 0. The molecule has 0 atom stereocenters. The number of thiophene rings is 1. The summed E-state index contributed by atoms with van der Waals surface area (Å²) in [6, 6.07) is 19.0. The van der Waals surface area contributed by atoms with E-state index in [-0.39, 0.29) is 19.0 Å². The first-order valence-corrected chi connectivity index (χ1v) is 15.3. The molecule has 7 nitrogen and oxygen atoms in total. The third-order valence-electron chi connectivity index (χ3n) is 6.28. The summed E-state index contributed by atoms with van der Waals surface area (Å²) in [5.74, 6) is 1.04. The quantitative estimate of drug-likeness (QED) is 0.233. The average Bonchev–Trinajstić information content (AvgIpc) is 3.36. The van der Waals surface area contributed by atoms with E-state index in [0.717, 1.165) is 27.3 Å². The number of carbonyl (C=O) groups is 1. The molecule has 0 unspecified atom stereocenters. The van der Waals surface area contributed by atoms with Crippen molar-refractivity contribution in [2.75, 3.05) is 33.9 Å². The summed E-state index contributed by atoms with van der Waals surface area (Å²) in [5.41, 5.74) is 1.78. The number of methoxy groups -OCH3 is 2. The van der Waals surface area contributed by atoms with E-state index < -0.39 is 10.0 Å².